The number of hydrogen-bond donors (Lipinski definition) is 1. The molecule has 0 amide bonds. The summed E-state index contributed by atoms with van der Waals surface area (Å²) in [5.74, 6) is 0.366. The Morgan fingerprint density at radius 3 is 2.73 bits per heavy atom. The van der Waals surface area contributed by atoms with Crippen LogP contribution in [0.25, 0.3) is 0 Å². The van der Waals surface area contributed by atoms with Gasteiger partial charge in [-0.15, -0.1) is 0 Å². The highest BCUT2D eigenvalue weighted by Gasteiger charge is 2.05. The number of sulfone groups is 1. The summed E-state index contributed by atoms with van der Waals surface area (Å²) in [4.78, 5) is 0. The minimum absolute atomic E-state index is 0.0427. The second-order valence-corrected chi connectivity index (χ2v) is 5.86. The number of nitrogens with two attached hydrogens (primary N) is 1. The molecular formula is C9H12ClNO3S. The second kappa shape index (κ2) is 4.72. The summed E-state index contributed by atoms with van der Waals surface area (Å²) in [6, 6.07) is 4.80. The third-order valence-corrected chi connectivity index (χ3v) is 2.83. The van der Waals surface area contributed by atoms with Gasteiger partial charge in [0.1, 0.15) is 12.4 Å². The number of benzene rings is 1. The van der Waals surface area contributed by atoms with Gasteiger partial charge in [0.2, 0.25) is 0 Å². The molecule has 0 aliphatic carbocycles. The van der Waals surface area contributed by atoms with Crippen molar-refractivity contribution in [1.29, 1.82) is 0 Å². The molecule has 1 rings (SSSR count). The van der Waals surface area contributed by atoms with Crippen LogP contribution in [0.4, 0.5) is 5.69 Å². The van der Waals surface area contributed by atoms with Crippen molar-refractivity contribution in [3.63, 3.8) is 0 Å². The highest BCUT2D eigenvalue weighted by Crippen LogP contribution is 2.25. The third-order valence-electron chi connectivity index (χ3n) is 1.69. The molecule has 0 aliphatic heterocycles. The zero-order valence-electron chi connectivity index (χ0n) is 8.23. The first-order valence-electron chi connectivity index (χ1n) is 4.24. The summed E-state index contributed by atoms with van der Waals surface area (Å²) in [5, 5.41) is 0.499. The Kier molecular flexibility index (Phi) is 3.82. The molecule has 6 heteroatoms. The van der Waals surface area contributed by atoms with Gasteiger partial charge in [-0.05, 0) is 12.1 Å². The molecule has 84 valence electrons. The average Bonchev–Trinajstić information content (AvgIpc) is 2.09. The lowest BCUT2D eigenvalue weighted by Crippen LogP contribution is -2.12. The van der Waals surface area contributed by atoms with E-state index in [1.165, 1.54) is 0 Å². The fraction of sp³-hybridized carbons (Fsp3) is 0.333. The molecule has 0 heterocycles. The lowest BCUT2D eigenvalue weighted by molar-refractivity contribution is 0.343. The van der Waals surface area contributed by atoms with E-state index < -0.39 is 9.84 Å². The second-order valence-electron chi connectivity index (χ2n) is 3.16. The van der Waals surface area contributed by atoms with E-state index in [4.69, 9.17) is 22.1 Å². The van der Waals surface area contributed by atoms with Gasteiger partial charge in [-0.3, -0.25) is 0 Å². The molecule has 15 heavy (non-hydrogen) atoms. The number of hydrogen-bond acceptors (Lipinski definition) is 4. The number of anilines is 1. The van der Waals surface area contributed by atoms with E-state index in [1.54, 1.807) is 18.2 Å². The fourth-order valence-corrected chi connectivity index (χ4v) is 1.48. The standard InChI is InChI=1S/C9H12ClNO3S/c1-15(12,13)5-4-14-9-6-7(10)2-3-8(9)11/h2-3,6H,4-5,11H2,1H3. The molecule has 0 aliphatic rings. The summed E-state index contributed by atoms with van der Waals surface area (Å²) >= 11 is 5.73. The predicted molar refractivity (Wildman–Crippen MR) is 61.1 cm³/mol. The van der Waals surface area contributed by atoms with Crippen molar-refractivity contribution >= 4 is 27.1 Å². The lowest BCUT2D eigenvalue weighted by atomic mass is 10.3. The Balaban J connectivity index is 2.61. The minimum Gasteiger partial charge on any atom is -0.490 e. The number of nitrogen functional groups attached to an aromatic ring is 1. The molecule has 0 saturated heterocycles. The topological polar surface area (TPSA) is 69.4 Å². The van der Waals surface area contributed by atoms with Gasteiger partial charge in [0.15, 0.2) is 9.84 Å². The van der Waals surface area contributed by atoms with Gasteiger partial charge in [0.05, 0.1) is 11.4 Å². The molecular weight excluding hydrogens is 238 g/mol. The van der Waals surface area contributed by atoms with Gasteiger partial charge in [0.25, 0.3) is 0 Å². The van der Waals surface area contributed by atoms with E-state index in [2.05, 4.69) is 0 Å². The first kappa shape index (κ1) is 12.1. The summed E-state index contributed by atoms with van der Waals surface area (Å²) < 4.78 is 26.9. The van der Waals surface area contributed by atoms with Crippen molar-refractivity contribution in [3.8, 4) is 5.75 Å². The Bertz CT molecular complexity index is 445. The number of halogens is 1. The molecule has 2 N–H and O–H groups in total. The van der Waals surface area contributed by atoms with Crippen LogP contribution >= 0.6 is 11.6 Å². The Hall–Kier alpha value is -0.940. The Labute approximate surface area is 93.9 Å². The van der Waals surface area contributed by atoms with Crippen LogP contribution in [0.1, 0.15) is 0 Å². The molecule has 1 aromatic rings. The molecule has 0 bridgehead atoms. The van der Waals surface area contributed by atoms with Crippen LogP contribution in [0.15, 0.2) is 18.2 Å². The van der Waals surface area contributed by atoms with Gasteiger partial charge in [-0.2, -0.15) is 0 Å². The van der Waals surface area contributed by atoms with E-state index in [-0.39, 0.29) is 12.4 Å². The number of rotatable bonds is 4. The first-order chi connectivity index (χ1) is 6.88. The third kappa shape index (κ3) is 4.40. The van der Waals surface area contributed by atoms with Crippen LogP contribution in [0.2, 0.25) is 5.02 Å². The maximum Gasteiger partial charge on any atom is 0.150 e. The molecule has 0 fully saturated rings. The van der Waals surface area contributed by atoms with Crippen molar-refractivity contribution in [2.24, 2.45) is 0 Å². The highest BCUT2D eigenvalue weighted by molar-refractivity contribution is 7.90. The molecule has 0 radical (unpaired) electrons. The largest absolute Gasteiger partial charge is 0.490 e. The van der Waals surface area contributed by atoms with Crippen LogP contribution in [0.5, 0.6) is 5.75 Å². The van der Waals surface area contributed by atoms with E-state index in [0.29, 0.717) is 16.5 Å². The summed E-state index contributed by atoms with van der Waals surface area (Å²) in [7, 11) is -3.02. The summed E-state index contributed by atoms with van der Waals surface area (Å²) in [6.45, 7) is 0.0728. The van der Waals surface area contributed by atoms with Crippen LogP contribution in [0, 0.1) is 0 Å². The van der Waals surface area contributed by atoms with Crippen molar-refractivity contribution in [1.82, 2.24) is 0 Å². The normalized spacial score (nSPS) is 11.3. The van der Waals surface area contributed by atoms with Crippen LogP contribution in [-0.2, 0) is 9.84 Å². The first-order valence-corrected chi connectivity index (χ1v) is 6.68. The van der Waals surface area contributed by atoms with Crippen molar-refractivity contribution in [2.45, 2.75) is 0 Å². The SMILES string of the molecule is CS(=O)(=O)CCOc1cc(Cl)ccc1N. The average molecular weight is 250 g/mol. The Morgan fingerprint density at radius 2 is 2.13 bits per heavy atom. The summed E-state index contributed by atoms with van der Waals surface area (Å²) in [6.07, 6.45) is 1.15. The number of ether oxygens (including phenoxy) is 1. The lowest BCUT2D eigenvalue weighted by Gasteiger charge is -2.08. The van der Waals surface area contributed by atoms with Crippen molar-refractivity contribution in [3.05, 3.63) is 23.2 Å². The van der Waals surface area contributed by atoms with Gasteiger partial charge in [-0.25, -0.2) is 8.42 Å². The predicted octanol–water partition coefficient (Wildman–Crippen LogP) is 1.35. The summed E-state index contributed by atoms with van der Waals surface area (Å²) in [5.41, 5.74) is 6.04. The molecule has 0 saturated carbocycles. The van der Waals surface area contributed by atoms with E-state index >= 15 is 0 Å². The van der Waals surface area contributed by atoms with Crippen LogP contribution in [0.3, 0.4) is 0 Å². The van der Waals surface area contributed by atoms with Gasteiger partial charge in [-0.1, -0.05) is 11.6 Å². The Morgan fingerprint density at radius 1 is 1.47 bits per heavy atom. The quantitative estimate of drug-likeness (QED) is 0.818. The smallest absolute Gasteiger partial charge is 0.150 e. The maximum atomic E-state index is 10.8. The molecule has 0 spiro atoms. The monoisotopic (exact) mass is 249 g/mol. The van der Waals surface area contributed by atoms with Crippen LogP contribution < -0.4 is 10.5 Å². The maximum absolute atomic E-state index is 10.8. The highest BCUT2D eigenvalue weighted by atomic mass is 35.5. The molecule has 0 atom stereocenters. The van der Waals surface area contributed by atoms with E-state index in [1.807, 2.05) is 0 Å². The van der Waals surface area contributed by atoms with Gasteiger partial charge < -0.3 is 10.5 Å². The zero-order valence-corrected chi connectivity index (χ0v) is 9.81. The molecule has 0 unspecified atom stereocenters. The fourth-order valence-electron chi connectivity index (χ4n) is 0.936. The van der Waals surface area contributed by atoms with E-state index in [0.717, 1.165) is 6.26 Å². The van der Waals surface area contributed by atoms with Gasteiger partial charge in [0, 0.05) is 17.3 Å². The van der Waals surface area contributed by atoms with Gasteiger partial charge >= 0.3 is 0 Å². The van der Waals surface area contributed by atoms with Crippen molar-refractivity contribution in [2.75, 3.05) is 24.3 Å². The molecule has 4 nitrogen and oxygen atoms in total. The molecule has 1 aromatic carbocycles. The zero-order chi connectivity index (χ0) is 11.5. The van der Waals surface area contributed by atoms with Crippen molar-refractivity contribution < 1.29 is 13.2 Å². The molecule has 0 aromatic heterocycles. The van der Waals surface area contributed by atoms with E-state index in [9.17, 15) is 8.42 Å². The minimum atomic E-state index is -3.02. The van der Waals surface area contributed by atoms with Crippen LogP contribution in [-0.4, -0.2) is 27.0 Å².